The topological polar surface area (TPSA) is 24.4 Å². The number of unbranched alkanes of at least 4 members (excludes halogenated alkanes) is 2. The van der Waals surface area contributed by atoms with Crippen molar-refractivity contribution < 1.29 is 0 Å². The molecule has 0 aromatic heterocycles. The van der Waals surface area contributed by atoms with Crippen LogP contribution in [-0.4, -0.2) is 35.5 Å². The highest BCUT2D eigenvalue weighted by atomic mass is 32.2. The third-order valence-electron chi connectivity index (χ3n) is 2.79. The molecule has 1 unspecified atom stereocenters. The van der Waals surface area contributed by atoms with Crippen LogP contribution in [0, 0.1) is 0 Å². The summed E-state index contributed by atoms with van der Waals surface area (Å²) in [6.07, 6.45) is 8.57. The smallest absolute Gasteiger partial charge is 0.156 e. The predicted octanol–water partition coefficient (Wildman–Crippen LogP) is 3.38. The van der Waals surface area contributed by atoms with E-state index < -0.39 is 0 Å². The Hall–Kier alpha value is 0.170. The molecule has 1 aliphatic rings. The third-order valence-corrected chi connectivity index (χ3v) is 4.44. The summed E-state index contributed by atoms with van der Waals surface area (Å²) in [4.78, 5) is 4.64. The molecule has 4 heteroatoms. The summed E-state index contributed by atoms with van der Waals surface area (Å²) in [7, 11) is 0. The molecule has 1 saturated heterocycles. The summed E-state index contributed by atoms with van der Waals surface area (Å²) in [5.74, 6) is 2.53. The van der Waals surface area contributed by atoms with E-state index in [-0.39, 0.29) is 0 Å². The first-order chi connectivity index (χ1) is 7.86. The van der Waals surface area contributed by atoms with Crippen molar-refractivity contribution in [3.8, 4) is 0 Å². The Labute approximate surface area is 108 Å². The molecule has 0 saturated carbocycles. The van der Waals surface area contributed by atoms with Gasteiger partial charge in [-0.3, -0.25) is 4.99 Å². The third kappa shape index (κ3) is 6.04. The van der Waals surface area contributed by atoms with Gasteiger partial charge in [-0.25, -0.2) is 0 Å². The van der Waals surface area contributed by atoms with Crippen molar-refractivity contribution in [1.29, 1.82) is 0 Å². The van der Waals surface area contributed by atoms with Gasteiger partial charge in [-0.1, -0.05) is 25.1 Å². The van der Waals surface area contributed by atoms with Crippen molar-refractivity contribution in [2.45, 2.75) is 45.1 Å². The number of amidine groups is 1. The van der Waals surface area contributed by atoms with Crippen LogP contribution in [0.5, 0.6) is 0 Å². The highest BCUT2D eigenvalue weighted by molar-refractivity contribution is 8.13. The summed E-state index contributed by atoms with van der Waals surface area (Å²) in [6.45, 7) is 3.24. The molecular weight excluding hydrogens is 236 g/mol. The first-order valence-corrected chi connectivity index (χ1v) is 8.67. The van der Waals surface area contributed by atoms with Crippen molar-refractivity contribution in [2.75, 3.05) is 24.3 Å². The van der Waals surface area contributed by atoms with Gasteiger partial charge in [0, 0.05) is 18.3 Å². The second kappa shape index (κ2) is 9.23. The highest BCUT2D eigenvalue weighted by Crippen LogP contribution is 2.15. The molecule has 0 spiro atoms. The molecule has 94 valence electrons. The lowest BCUT2D eigenvalue weighted by Gasteiger charge is -2.24. The van der Waals surface area contributed by atoms with Crippen molar-refractivity contribution in [3.63, 3.8) is 0 Å². The van der Waals surface area contributed by atoms with Crippen LogP contribution in [-0.2, 0) is 0 Å². The number of rotatable bonds is 7. The van der Waals surface area contributed by atoms with Gasteiger partial charge in [0.05, 0.1) is 0 Å². The van der Waals surface area contributed by atoms with Crippen molar-refractivity contribution in [2.24, 2.45) is 4.99 Å². The molecule has 1 aliphatic heterocycles. The minimum atomic E-state index is 0.663. The van der Waals surface area contributed by atoms with Crippen LogP contribution in [0.25, 0.3) is 0 Å². The van der Waals surface area contributed by atoms with E-state index in [2.05, 4.69) is 23.5 Å². The van der Waals surface area contributed by atoms with E-state index in [1.54, 1.807) is 0 Å². The van der Waals surface area contributed by atoms with E-state index in [4.69, 9.17) is 0 Å². The fraction of sp³-hybridized carbons (Fsp3) is 0.917. The Kier molecular flexibility index (Phi) is 8.21. The van der Waals surface area contributed by atoms with E-state index >= 15 is 0 Å². The first kappa shape index (κ1) is 14.2. The van der Waals surface area contributed by atoms with Crippen LogP contribution in [0.4, 0.5) is 0 Å². The Balaban J connectivity index is 2.08. The predicted molar refractivity (Wildman–Crippen MR) is 78.8 cm³/mol. The average Bonchev–Trinajstić information content (AvgIpc) is 2.34. The van der Waals surface area contributed by atoms with Crippen molar-refractivity contribution in [1.82, 2.24) is 5.32 Å². The number of hydrogen-bond donors (Lipinski definition) is 1. The molecule has 2 nitrogen and oxygen atoms in total. The Morgan fingerprint density at radius 2 is 2.31 bits per heavy atom. The number of hydrogen-bond acceptors (Lipinski definition) is 3. The Morgan fingerprint density at radius 3 is 3.06 bits per heavy atom. The summed E-state index contributed by atoms with van der Waals surface area (Å²) in [5, 5.41) is 4.70. The lowest BCUT2D eigenvalue weighted by molar-refractivity contribution is 0.570. The molecule has 1 rings (SSSR count). The lowest BCUT2D eigenvalue weighted by atomic mass is 10.2. The summed E-state index contributed by atoms with van der Waals surface area (Å²) < 4.78 is 0. The lowest BCUT2D eigenvalue weighted by Crippen LogP contribution is -2.37. The van der Waals surface area contributed by atoms with E-state index in [1.807, 2.05) is 23.5 Å². The van der Waals surface area contributed by atoms with E-state index in [9.17, 15) is 0 Å². The molecule has 0 aromatic carbocycles. The minimum Gasteiger partial charge on any atom is -0.362 e. The molecule has 1 heterocycles. The second-order valence-electron chi connectivity index (χ2n) is 4.13. The average molecular weight is 260 g/mol. The van der Waals surface area contributed by atoms with E-state index in [0.29, 0.717) is 6.04 Å². The van der Waals surface area contributed by atoms with Gasteiger partial charge in [-0.05, 0) is 37.7 Å². The van der Waals surface area contributed by atoms with Gasteiger partial charge in [0.15, 0.2) is 5.17 Å². The van der Waals surface area contributed by atoms with Crippen LogP contribution in [0.1, 0.15) is 39.0 Å². The molecule has 1 atom stereocenters. The molecule has 1 N–H and O–H groups in total. The van der Waals surface area contributed by atoms with Gasteiger partial charge in [0.2, 0.25) is 0 Å². The zero-order valence-electron chi connectivity index (χ0n) is 10.5. The molecule has 0 aromatic rings. The zero-order chi connectivity index (χ0) is 11.6. The Bertz CT molecular complexity index is 207. The number of aliphatic imine (C=N–C) groups is 1. The largest absolute Gasteiger partial charge is 0.362 e. The summed E-state index contributed by atoms with van der Waals surface area (Å²) in [6, 6.07) is 0.663. The fourth-order valence-electron chi connectivity index (χ4n) is 1.70. The van der Waals surface area contributed by atoms with Crippen LogP contribution < -0.4 is 5.32 Å². The van der Waals surface area contributed by atoms with Crippen LogP contribution in [0.15, 0.2) is 4.99 Å². The number of nitrogens with zero attached hydrogens (tertiary/aromatic N) is 1. The summed E-state index contributed by atoms with van der Waals surface area (Å²) >= 11 is 3.82. The van der Waals surface area contributed by atoms with Crippen LogP contribution >= 0.6 is 23.5 Å². The van der Waals surface area contributed by atoms with Crippen molar-refractivity contribution >= 4 is 28.7 Å². The minimum absolute atomic E-state index is 0.663. The monoisotopic (exact) mass is 260 g/mol. The first-order valence-electron chi connectivity index (χ1n) is 6.29. The van der Waals surface area contributed by atoms with E-state index in [1.165, 1.54) is 48.8 Å². The van der Waals surface area contributed by atoms with Gasteiger partial charge in [-0.15, -0.1) is 0 Å². The quantitative estimate of drug-likeness (QED) is 0.710. The molecule has 16 heavy (non-hydrogen) atoms. The molecule has 0 amide bonds. The maximum atomic E-state index is 4.64. The number of thioether (sulfide) groups is 2. The van der Waals surface area contributed by atoms with Gasteiger partial charge < -0.3 is 5.32 Å². The zero-order valence-corrected chi connectivity index (χ0v) is 12.1. The SMILES string of the molecule is CCC1CCSC(=NCCCCCSC)N1. The van der Waals surface area contributed by atoms with Crippen LogP contribution in [0.2, 0.25) is 0 Å². The molecule has 0 radical (unpaired) electrons. The standard InChI is InChI=1S/C12H24N2S2/c1-3-11-7-10-16-12(14-11)13-8-5-4-6-9-15-2/h11H,3-10H2,1-2H3,(H,13,14). The molecule has 0 bridgehead atoms. The maximum absolute atomic E-state index is 4.64. The molecular formula is C12H24N2S2. The highest BCUT2D eigenvalue weighted by Gasteiger charge is 2.14. The van der Waals surface area contributed by atoms with Gasteiger partial charge in [0.1, 0.15) is 0 Å². The summed E-state index contributed by atoms with van der Waals surface area (Å²) in [5.41, 5.74) is 0. The van der Waals surface area contributed by atoms with E-state index in [0.717, 1.165) is 6.54 Å². The van der Waals surface area contributed by atoms with Crippen LogP contribution in [0.3, 0.4) is 0 Å². The molecule has 0 aliphatic carbocycles. The van der Waals surface area contributed by atoms with Crippen molar-refractivity contribution in [3.05, 3.63) is 0 Å². The fourth-order valence-corrected chi connectivity index (χ4v) is 3.22. The number of nitrogens with one attached hydrogen (secondary N) is 1. The normalized spacial score (nSPS) is 23.4. The van der Waals surface area contributed by atoms with Gasteiger partial charge in [0.25, 0.3) is 0 Å². The Morgan fingerprint density at radius 1 is 1.44 bits per heavy atom. The van der Waals surface area contributed by atoms with Gasteiger partial charge >= 0.3 is 0 Å². The maximum Gasteiger partial charge on any atom is 0.156 e. The van der Waals surface area contributed by atoms with Gasteiger partial charge in [-0.2, -0.15) is 11.8 Å². The second-order valence-corrected chi connectivity index (χ2v) is 6.20. The molecule has 1 fully saturated rings.